The Balaban J connectivity index is 1.39. The van der Waals surface area contributed by atoms with Crippen molar-refractivity contribution in [3.63, 3.8) is 0 Å². The van der Waals surface area contributed by atoms with Crippen molar-refractivity contribution in [2.75, 3.05) is 19.6 Å². The normalized spacial score (nSPS) is 12.1. The monoisotopic (exact) mass is 535 g/mol. The first kappa shape index (κ1) is 27.0. The minimum Gasteiger partial charge on any atom is -0.348 e. The second-order valence-electron chi connectivity index (χ2n) is 8.67. The maximum Gasteiger partial charge on any atom is 0.270 e. The fraction of sp³-hybridized carbons (Fsp3) is 0.370. The van der Waals surface area contributed by atoms with Crippen molar-refractivity contribution in [3.05, 3.63) is 70.9 Å². The number of thiazole rings is 1. The molecule has 0 aliphatic rings. The number of nitrogens with one attached hydrogen (secondary N) is 1. The van der Waals surface area contributed by atoms with Crippen molar-refractivity contribution < 1.29 is 4.79 Å². The number of pyridine rings is 1. The van der Waals surface area contributed by atoms with E-state index in [4.69, 9.17) is 0 Å². The zero-order chi connectivity index (χ0) is 26.0. The Morgan fingerprint density at radius 3 is 2.59 bits per heavy atom. The van der Waals surface area contributed by atoms with Crippen LogP contribution in [0.5, 0.6) is 0 Å². The van der Waals surface area contributed by atoms with Crippen LogP contribution in [0, 0.1) is 0 Å². The average Bonchev–Trinajstić information content (AvgIpc) is 3.58. The Morgan fingerprint density at radius 1 is 1.11 bits per heavy atom. The van der Waals surface area contributed by atoms with Crippen LogP contribution in [0.3, 0.4) is 0 Å². The van der Waals surface area contributed by atoms with E-state index in [9.17, 15) is 4.79 Å². The van der Waals surface area contributed by atoms with Gasteiger partial charge < -0.3 is 10.2 Å². The molecule has 10 heteroatoms. The van der Waals surface area contributed by atoms with Crippen molar-refractivity contribution >= 4 is 29.0 Å². The molecule has 0 bridgehead atoms. The molecule has 3 aromatic heterocycles. The summed E-state index contributed by atoms with van der Waals surface area (Å²) in [5.41, 5.74) is 2.40. The van der Waals surface area contributed by atoms with E-state index in [0.29, 0.717) is 11.4 Å². The fourth-order valence-electron chi connectivity index (χ4n) is 4.00. The van der Waals surface area contributed by atoms with Crippen molar-refractivity contribution in [2.45, 2.75) is 50.6 Å². The summed E-state index contributed by atoms with van der Waals surface area (Å²) in [5, 5.41) is 15.5. The van der Waals surface area contributed by atoms with Crippen LogP contribution in [0.15, 0.2) is 65.4 Å². The molecule has 0 saturated heterocycles. The summed E-state index contributed by atoms with van der Waals surface area (Å²) in [6.07, 6.45) is 5.51. The SMILES string of the molecule is CCN(CC)CCCC(C)NC(=O)c1csc(CSc2nnc(-c3ccncc3)n2-c2ccccc2)n1. The first-order chi connectivity index (χ1) is 18.1. The Bertz CT molecular complexity index is 1260. The van der Waals surface area contributed by atoms with E-state index in [-0.39, 0.29) is 11.9 Å². The highest BCUT2D eigenvalue weighted by atomic mass is 32.2. The number of carbonyl (C=O) groups is 1. The lowest BCUT2D eigenvalue weighted by Crippen LogP contribution is -2.33. The molecule has 37 heavy (non-hydrogen) atoms. The van der Waals surface area contributed by atoms with Gasteiger partial charge in [0.05, 0.1) is 5.75 Å². The molecule has 1 unspecified atom stereocenters. The Kier molecular flexibility index (Phi) is 9.81. The number of para-hydroxylation sites is 1. The van der Waals surface area contributed by atoms with Gasteiger partial charge in [-0.25, -0.2) is 4.98 Å². The van der Waals surface area contributed by atoms with Crippen molar-refractivity contribution in [1.29, 1.82) is 0 Å². The third-order valence-electron chi connectivity index (χ3n) is 6.08. The van der Waals surface area contributed by atoms with Crippen LogP contribution in [0.4, 0.5) is 0 Å². The molecule has 4 aromatic rings. The summed E-state index contributed by atoms with van der Waals surface area (Å²) in [7, 11) is 0. The van der Waals surface area contributed by atoms with Gasteiger partial charge in [-0.15, -0.1) is 21.5 Å². The highest BCUT2D eigenvalue weighted by molar-refractivity contribution is 7.98. The molecule has 4 rings (SSSR count). The minimum atomic E-state index is -0.115. The van der Waals surface area contributed by atoms with Crippen molar-refractivity contribution in [2.24, 2.45) is 0 Å². The highest BCUT2D eigenvalue weighted by Crippen LogP contribution is 2.30. The van der Waals surface area contributed by atoms with E-state index in [1.165, 1.54) is 11.3 Å². The van der Waals surface area contributed by atoms with E-state index in [1.807, 2.05) is 52.4 Å². The smallest absolute Gasteiger partial charge is 0.270 e. The molecule has 1 aromatic carbocycles. The van der Waals surface area contributed by atoms with E-state index in [1.54, 1.807) is 24.2 Å². The molecule has 0 spiro atoms. The number of aromatic nitrogens is 5. The molecule has 194 valence electrons. The fourth-order valence-corrected chi connectivity index (χ4v) is 5.74. The highest BCUT2D eigenvalue weighted by Gasteiger charge is 2.18. The lowest BCUT2D eigenvalue weighted by molar-refractivity contribution is 0.0932. The van der Waals surface area contributed by atoms with E-state index >= 15 is 0 Å². The second-order valence-corrected chi connectivity index (χ2v) is 10.6. The molecule has 0 fully saturated rings. The summed E-state index contributed by atoms with van der Waals surface area (Å²) in [4.78, 5) is 23.8. The Labute approximate surface area is 226 Å². The molecule has 0 radical (unpaired) electrons. The zero-order valence-electron chi connectivity index (χ0n) is 21.5. The summed E-state index contributed by atoms with van der Waals surface area (Å²) >= 11 is 3.04. The van der Waals surface area contributed by atoms with Crippen LogP contribution in [-0.4, -0.2) is 61.2 Å². The number of hydrogen-bond donors (Lipinski definition) is 1. The summed E-state index contributed by atoms with van der Waals surface area (Å²) in [5.74, 6) is 1.24. The Hall–Kier alpha value is -3.08. The van der Waals surface area contributed by atoms with Gasteiger partial charge in [-0.05, 0) is 63.7 Å². The second kappa shape index (κ2) is 13.5. The zero-order valence-corrected chi connectivity index (χ0v) is 23.1. The van der Waals surface area contributed by atoms with Gasteiger partial charge in [-0.3, -0.25) is 14.3 Å². The van der Waals surface area contributed by atoms with E-state index in [0.717, 1.165) is 59.7 Å². The largest absolute Gasteiger partial charge is 0.348 e. The topological polar surface area (TPSA) is 88.8 Å². The molecule has 1 atom stereocenters. The maximum atomic E-state index is 12.7. The molecule has 0 saturated carbocycles. The molecule has 0 aliphatic heterocycles. The van der Waals surface area contributed by atoms with Gasteiger partial charge in [-0.1, -0.05) is 43.8 Å². The number of carbonyl (C=O) groups excluding carboxylic acids is 1. The van der Waals surface area contributed by atoms with Gasteiger partial charge in [0.2, 0.25) is 0 Å². The number of benzene rings is 1. The molecule has 1 amide bonds. The first-order valence-electron chi connectivity index (χ1n) is 12.6. The third-order valence-corrected chi connectivity index (χ3v) is 8.05. The van der Waals surface area contributed by atoms with Crippen LogP contribution < -0.4 is 5.32 Å². The maximum absolute atomic E-state index is 12.7. The molecular weight excluding hydrogens is 502 g/mol. The van der Waals surface area contributed by atoms with Gasteiger partial charge >= 0.3 is 0 Å². The van der Waals surface area contributed by atoms with Gasteiger partial charge in [0, 0.05) is 35.1 Å². The number of hydrogen-bond acceptors (Lipinski definition) is 8. The summed E-state index contributed by atoms with van der Waals surface area (Å²) in [6, 6.07) is 14.0. The lowest BCUT2D eigenvalue weighted by Gasteiger charge is -2.19. The van der Waals surface area contributed by atoms with Gasteiger partial charge in [0.1, 0.15) is 10.7 Å². The van der Waals surface area contributed by atoms with E-state index in [2.05, 4.69) is 51.2 Å². The van der Waals surface area contributed by atoms with Crippen LogP contribution in [0.2, 0.25) is 0 Å². The number of thioether (sulfide) groups is 1. The van der Waals surface area contributed by atoms with Crippen LogP contribution in [0.1, 0.15) is 49.1 Å². The number of nitrogens with zero attached hydrogens (tertiary/aromatic N) is 6. The molecule has 0 aliphatic carbocycles. The predicted octanol–water partition coefficient (Wildman–Crippen LogP) is 5.32. The van der Waals surface area contributed by atoms with Crippen LogP contribution in [-0.2, 0) is 5.75 Å². The quantitative estimate of drug-likeness (QED) is 0.232. The summed E-state index contributed by atoms with van der Waals surface area (Å²) < 4.78 is 2.04. The average molecular weight is 536 g/mol. The van der Waals surface area contributed by atoms with Gasteiger partial charge in [0.15, 0.2) is 11.0 Å². The molecular formula is C27H33N7OS2. The van der Waals surface area contributed by atoms with E-state index < -0.39 is 0 Å². The predicted molar refractivity (Wildman–Crippen MR) is 150 cm³/mol. The number of rotatable bonds is 13. The van der Waals surface area contributed by atoms with Gasteiger partial charge in [-0.2, -0.15) is 0 Å². The molecule has 3 heterocycles. The van der Waals surface area contributed by atoms with Gasteiger partial charge in [0.25, 0.3) is 5.91 Å². The molecule has 1 N–H and O–H groups in total. The molecule has 8 nitrogen and oxygen atoms in total. The lowest BCUT2D eigenvalue weighted by atomic mass is 10.1. The number of amides is 1. The summed E-state index contributed by atoms with van der Waals surface area (Å²) in [6.45, 7) is 9.59. The van der Waals surface area contributed by atoms with Crippen molar-refractivity contribution in [3.8, 4) is 17.1 Å². The minimum absolute atomic E-state index is 0.110. The third kappa shape index (κ3) is 7.24. The van der Waals surface area contributed by atoms with Crippen molar-refractivity contribution in [1.82, 2.24) is 34.9 Å². The standard InChI is InChI=1S/C27H33N7OS2/c1-4-33(5-2)17-9-10-20(3)29-26(35)23-18-36-24(30-23)19-37-27-32-31-25(21-13-15-28-16-14-21)34(27)22-11-7-6-8-12-22/h6-8,11-16,18,20H,4-5,9-10,17,19H2,1-3H3,(H,29,35). The Morgan fingerprint density at radius 2 is 1.86 bits per heavy atom. The van der Waals surface area contributed by atoms with Crippen LogP contribution >= 0.6 is 23.1 Å². The first-order valence-corrected chi connectivity index (χ1v) is 14.5. The van der Waals surface area contributed by atoms with Crippen LogP contribution in [0.25, 0.3) is 17.1 Å².